The van der Waals surface area contributed by atoms with Gasteiger partial charge in [-0.2, -0.15) is 7.42 Å². The van der Waals surface area contributed by atoms with Gasteiger partial charge >= 0.3 is 0 Å². The number of hydrogen-bond donors (Lipinski definition) is 0. The SMILES string of the molecule is Cc1ccc(S(=O)(=O)N(SSN(c2ccc(Cl)cc2)S(=O)(=O)c2ccc(C)cc2)c2ccc(Cl)cc2)cc1. The van der Waals surface area contributed by atoms with Crippen LogP contribution in [-0.4, -0.2) is 16.8 Å². The molecular formula is C26H22Cl2N2O4S4. The van der Waals surface area contributed by atoms with Gasteiger partial charge < -0.3 is 0 Å². The molecule has 0 aliphatic heterocycles. The fraction of sp³-hybridized carbons (Fsp3) is 0.0769. The molecule has 0 aliphatic carbocycles. The Balaban J connectivity index is 1.77. The quantitative estimate of drug-likeness (QED) is 0.139. The van der Waals surface area contributed by atoms with Crippen molar-refractivity contribution in [3.05, 3.63) is 118 Å². The second-order valence-corrected chi connectivity index (χ2v) is 15.0. The molecule has 0 aromatic heterocycles. The Labute approximate surface area is 241 Å². The van der Waals surface area contributed by atoms with Crippen molar-refractivity contribution in [2.75, 3.05) is 7.42 Å². The summed E-state index contributed by atoms with van der Waals surface area (Å²) in [5, 5.41) is 0.868. The first-order valence-corrected chi connectivity index (χ1v) is 16.8. The molecule has 4 rings (SSSR count). The fourth-order valence-corrected chi connectivity index (χ4v) is 10.1. The molecule has 198 valence electrons. The van der Waals surface area contributed by atoms with Gasteiger partial charge in [0.1, 0.15) is 0 Å². The predicted octanol–water partition coefficient (Wildman–Crippen LogP) is 7.91. The lowest BCUT2D eigenvalue weighted by molar-refractivity contribution is 0.596. The largest absolute Gasteiger partial charge is 0.274 e. The number of anilines is 2. The zero-order valence-electron chi connectivity index (χ0n) is 20.2. The van der Waals surface area contributed by atoms with E-state index in [1.165, 1.54) is 24.3 Å². The molecule has 4 aromatic carbocycles. The number of nitrogens with zero attached hydrogens (tertiary/aromatic N) is 2. The van der Waals surface area contributed by atoms with Crippen LogP contribution in [0.1, 0.15) is 11.1 Å². The number of halogens is 2. The molecule has 0 heterocycles. The molecule has 0 fully saturated rings. The Morgan fingerprint density at radius 3 is 1.08 bits per heavy atom. The maximum Gasteiger partial charge on any atom is 0.274 e. The van der Waals surface area contributed by atoms with E-state index in [-0.39, 0.29) is 9.79 Å². The van der Waals surface area contributed by atoms with Gasteiger partial charge in [-0.25, -0.2) is 16.8 Å². The molecule has 0 radical (unpaired) electrons. The molecule has 0 saturated heterocycles. The van der Waals surface area contributed by atoms with Crippen LogP contribution in [0.2, 0.25) is 10.0 Å². The van der Waals surface area contributed by atoms with Gasteiger partial charge in [-0.3, -0.25) is 0 Å². The highest BCUT2D eigenvalue weighted by atomic mass is 35.5. The van der Waals surface area contributed by atoms with Gasteiger partial charge in [-0.15, -0.1) is 0 Å². The molecule has 0 N–H and O–H groups in total. The maximum atomic E-state index is 13.8. The van der Waals surface area contributed by atoms with Crippen LogP contribution in [-0.2, 0) is 20.0 Å². The van der Waals surface area contributed by atoms with E-state index in [4.69, 9.17) is 23.2 Å². The molecule has 0 unspecified atom stereocenters. The summed E-state index contributed by atoms with van der Waals surface area (Å²) < 4.78 is 57.2. The van der Waals surface area contributed by atoms with Gasteiger partial charge in [-0.1, -0.05) is 58.6 Å². The van der Waals surface area contributed by atoms with E-state index < -0.39 is 20.0 Å². The van der Waals surface area contributed by atoms with Crippen molar-refractivity contribution in [1.82, 2.24) is 0 Å². The summed E-state index contributed by atoms with van der Waals surface area (Å²) in [6, 6.07) is 25.4. The second-order valence-electron chi connectivity index (χ2n) is 8.19. The standard InChI is InChI=1S/C26H22Cl2N2O4S4/c1-19-3-15-25(16-4-19)37(31,32)29(23-11-7-21(27)8-12-23)35-36-30(24-13-9-22(28)10-14-24)38(33,34)26-17-5-20(2)6-18-26/h3-18H,1-2H3. The lowest BCUT2D eigenvalue weighted by Crippen LogP contribution is -2.27. The summed E-state index contributed by atoms with van der Waals surface area (Å²) in [5.74, 6) is 0. The Kier molecular flexibility index (Phi) is 8.91. The first-order chi connectivity index (χ1) is 18.0. The van der Waals surface area contributed by atoms with Crippen molar-refractivity contribution in [1.29, 1.82) is 0 Å². The van der Waals surface area contributed by atoms with Crippen LogP contribution < -0.4 is 7.42 Å². The van der Waals surface area contributed by atoms with E-state index in [1.54, 1.807) is 72.8 Å². The molecule has 38 heavy (non-hydrogen) atoms. The Hall–Kier alpha value is -2.34. The van der Waals surface area contributed by atoms with Crippen LogP contribution in [0.25, 0.3) is 0 Å². The van der Waals surface area contributed by atoms with Crippen LogP contribution >= 0.6 is 45.2 Å². The first kappa shape index (κ1) is 28.7. The van der Waals surface area contributed by atoms with Crippen molar-refractivity contribution in [2.45, 2.75) is 23.6 Å². The van der Waals surface area contributed by atoms with Crippen LogP contribution in [0.4, 0.5) is 11.4 Å². The summed E-state index contributed by atoms with van der Waals surface area (Å²) in [7, 11) is -6.69. The third kappa shape index (κ3) is 6.44. The van der Waals surface area contributed by atoms with Gasteiger partial charge in [-0.05, 0) is 86.6 Å². The minimum absolute atomic E-state index is 0.0607. The third-order valence-electron chi connectivity index (χ3n) is 5.32. The average molecular weight is 626 g/mol. The number of hydrogen-bond acceptors (Lipinski definition) is 6. The molecule has 0 atom stereocenters. The fourth-order valence-electron chi connectivity index (χ4n) is 3.24. The molecule has 6 nitrogen and oxygen atoms in total. The summed E-state index contributed by atoms with van der Waals surface area (Å²) >= 11 is 12.1. The number of benzene rings is 4. The molecule has 0 bridgehead atoms. The average Bonchev–Trinajstić information content (AvgIpc) is 2.88. The number of sulfonamides is 2. The summed E-state index contributed by atoms with van der Waals surface area (Å²) in [4.78, 5) is 0.121. The van der Waals surface area contributed by atoms with Crippen LogP contribution in [0.15, 0.2) is 107 Å². The highest BCUT2D eigenvalue weighted by Crippen LogP contribution is 2.43. The number of rotatable bonds is 9. The van der Waals surface area contributed by atoms with Gasteiger partial charge in [0.2, 0.25) is 0 Å². The van der Waals surface area contributed by atoms with Gasteiger partial charge in [0, 0.05) is 10.0 Å². The predicted molar refractivity (Wildman–Crippen MR) is 160 cm³/mol. The highest BCUT2D eigenvalue weighted by molar-refractivity contribution is 8.80. The lowest BCUT2D eigenvalue weighted by Gasteiger charge is -2.27. The van der Waals surface area contributed by atoms with Crippen molar-refractivity contribution < 1.29 is 16.8 Å². The summed E-state index contributed by atoms with van der Waals surface area (Å²) in [6.45, 7) is 3.72. The summed E-state index contributed by atoms with van der Waals surface area (Å²) in [5.41, 5.74) is 2.41. The lowest BCUT2D eigenvalue weighted by atomic mass is 10.2. The number of aryl methyl sites for hydroxylation is 2. The third-order valence-corrected chi connectivity index (χ3v) is 12.9. The van der Waals surface area contributed by atoms with E-state index in [0.717, 1.165) is 40.5 Å². The minimum Gasteiger partial charge on any atom is -0.200 e. The molecular weight excluding hydrogens is 603 g/mol. The molecule has 0 saturated carbocycles. The van der Waals surface area contributed by atoms with Crippen LogP contribution in [0.3, 0.4) is 0 Å². The highest BCUT2D eigenvalue weighted by Gasteiger charge is 2.32. The molecule has 0 spiro atoms. The van der Waals surface area contributed by atoms with E-state index in [1.807, 2.05) is 13.8 Å². The van der Waals surface area contributed by atoms with Crippen LogP contribution in [0.5, 0.6) is 0 Å². The van der Waals surface area contributed by atoms with E-state index >= 15 is 0 Å². The smallest absolute Gasteiger partial charge is 0.200 e. The van der Waals surface area contributed by atoms with Crippen molar-refractivity contribution in [2.24, 2.45) is 0 Å². The van der Waals surface area contributed by atoms with Gasteiger partial charge in [0.25, 0.3) is 20.0 Å². The normalized spacial score (nSPS) is 11.8. The maximum absolute atomic E-state index is 13.8. The topological polar surface area (TPSA) is 74.8 Å². The minimum atomic E-state index is -4.09. The Bertz CT molecular complexity index is 1490. The first-order valence-electron chi connectivity index (χ1n) is 11.1. The van der Waals surface area contributed by atoms with Crippen molar-refractivity contribution in [3.63, 3.8) is 0 Å². The molecule has 4 aromatic rings. The van der Waals surface area contributed by atoms with Crippen molar-refractivity contribution in [3.8, 4) is 0 Å². The molecule has 0 aliphatic rings. The Morgan fingerprint density at radius 2 is 0.789 bits per heavy atom. The van der Waals surface area contributed by atoms with Crippen LogP contribution in [0, 0.1) is 13.8 Å². The Morgan fingerprint density at radius 1 is 0.500 bits per heavy atom. The zero-order valence-corrected chi connectivity index (χ0v) is 24.9. The van der Waals surface area contributed by atoms with E-state index in [2.05, 4.69) is 0 Å². The van der Waals surface area contributed by atoms with Gasteiger partial charge in [0.15, 0.2) is 0 Å². The van der Waals surface area contributed by atoms with Gasteiger partial charge in [0.05, 0.1) is 43.1 Å². The zero-order chi connectivity index (χ0) is 27.5. The summed E-state index contributed by atoms with van der Waals surface area (Å²) in [6.07, 6.45) is 0. The monoisotopic (exact) mass is 624 g/mol. The van der Waals surface area contributed by atoms with Crippen molar-refractivity contribution >= 4 is 76.6 Å². The molecule has 0 amide bonds. The van der Waals surface area contributed by atoms with E-state index in [9.17, 15) is 16.8 Å². The van der Waals surface area contributed by atoms with E-state index in [0.29, 0.717) is 21.4 Å². The second kappa shape index (κ2) is 11.8. The molecule has 12 heteroatoms.